The fourth-order valence-corrected chi connectivity index (χ4v) is 2.71. The van der Waals surface area contributed by atoms with E-state index in [2.05, 4.69) is 9.71 Å². The molecule has 0 aromatic carbocycles. The van der Waals surface area contributed by atoms with Gasteiger partial charge in [0.1, 0.15) is 5.15 Å². The lowest BCUT2D eigenvalue weighted by atomic mass is 10.4. The molecule has 19 heavy (non-hydrogen) atoms. The van der Waals surface area contributed by atoms with Gasteiger partial charge in [0.05, 0.1) is 10.6 Å². The molecule has 0 radical (unpaired) electrons. The Morgan fingerprint density at radius 1 is 1.32 bits per heavy atom. The molecule has 100 valence electrons. The maximum atomic E-state index is 12.1. The van der Waals surface area contributed by atoms with Crippen LogP contribution in [0, 0.1) is 0 Å². The Bertz CT molecular complexity index is 771. The second kappa shape index (κ2) is 5.02. The minimum atomic E-state index is -3.76. The third-order valence-electron chi connectivity index (χ3n) is 2.35. The van der Waals surface area contributed by atoms with Crippen molar-refractivity contribution in [3.05, 3.63) is 52.2 Å². The van der Waals surface area contributed by atoms with Gasteiger partial charge in [-0.1, -0.05) is 11.6 Å². The highest BCUT2D eigenvalue weighted by Gasteiger charge is 2.15. The number of nitrogens with one attached hydrogen (secondary N) is 1. The number of nitrogens with zero attached hydrogens (tertiary/aromatic N) is 2. The van der Waals surface area contributed by atoms with Gasteiger partial charge in [-0.3, -0.25) is 9.52 Å². The zero-order chi connectivity index (χ0) is 14.0. The van der Waals surface area contributed by atoms with Crippen molar-refractivity contribution in [3.8, 4) is 0 Å². The molecule has 0 aliphatic carbocycles. The van der Waals surface area contributed by atoms with Crippen LogP contribution in [0.1, 0.15) is 0 Å². The molecule has 0 aliphatic rings. The number of rotatable bonds is 3. The fourth-order valence-electron chi connectivity index (χ4n) is 1.42. The molecular weight excluding hydrogens is 290 g/mol. The lowest BCUT2D eigenvalue weighted by molar-refractivity contribution is 0.601. The van der Waals surface area contributed by atoms with E-state index in [1.807, 2.05) is 0 Å². The quantitative estimate of drug-likeness (QED) is 0.865. The zero-order valence-corrected chi connectivity index (χ0v) is 11.4. The van der Waals surface area contributed by atoms with Gasteiger partial charge in [0.25, 0.3) is 10.0 Å². The van der Waals surface area contributed by atoms with E-state index in [1.54, 1.807) is 0 Å². The first-order valence-electron chi connectivity index (χ1n) is 5.19. The van der Waals surface area contributed by atoms with Gasteiger partial charge in [0.15, 0.2) is 0 Å². The number of pyridine rings is 2. The van der Waals surface area contributed by atoms with Crippen molar-refractivity contribution in [2.24, 2.45) is 7.05 Å². The van der Waals surface area contributed by atoms with Crippen LogP contribution >= 0.6 is 11.6 Å². The van der Waals surface area contributed by atoms with Gasteiger partial charge in [0, 0.05) is 25.5 Å². The van der Waals surface area contributed by atoms with Crippen LogP contribution in [0.25, 0.3) is 0 Å². The molecule has 6 nitrogen and oxygen atoms in total. The average Bonchev–Trinajstić information content (AvgIpc) is 2.33. The summed E-state index contributed by atoms with van der Waals surface area (Å²) in [5.74, 6) is 0. The van der Waals surface area contributed by atoms with E-state index < -0.39 is 10.0 Å². The lowest BCUT2D eigenvalue weighted by Gasteiger charge is -2.08. The van der Waals surface area contributed by atoms with Gasteiger partial charge in [-0.2, -0.15) is 0 Å². The van der Waals surface area contributed by atoms with Crippen LogP contribution in [0.2, 0.25) is 5.15 Å². The first-order chi connectivity index (χ1) is 8.88. The summed E-state index contributed by atoms with van der Waals surface area (Å²) in [5, 5.41) is 0.0864. The molecular formula is C11H10ClN3O3S. The number of hydrogen-bond acceptors (Lipinski definition) is 4. The van der Waals surface area contributed by atoms with E-state index in [9.17, 15) is 13.2 Å². The normalized spacial score (nSPS) is 11.3. The van der Waals surface area contributed by atoms with Crippen LogP contribution in [0.15, 0.2) is 46.3 Å². The van der Waals surface area contributed by atoms with Gasteiger partial charge in [-0.05, 0) is 18.2 Å². The first-order valence-corrected chi connectivity index (χ1v) is 7.06. The highest BCUT2D eigenvalue weighted by Crippen LogP contribution is 2.16. The van der Waals surface area contributed by atoms with E-state index in [-0.39, 0.29) is 21.3 Å². The molecule has 0 saturated heterocycles. The minimum Gasteiger partial charge on any atom is -0.316 e. The highest BCUT2D eigenvalue weighted by atomic mass is 35.5. The van der Waals surface area contributed by atoms with Gasteiger partial charge >= 0.3 is 0 Å². The molecule has 0 amide bonds. The Hall–Kier alpha value is -1.86. The summed E-state index contributed by atoms with van der Waals surface area (Å²) in [4.78, 5) is 14.9. The molecule has 0 atom stereocenters. The number of halogens is 1. The van der Waals surface area contributed by atoms with Gasteiger partial charge in [0.2, 0.25) is 5.56 Å². The smallest absolute Gasteiger partial charge is 0.262 e. The topological polar surface area (TPSA) is 81.1 Å². The molecule has 0 bridgehead atoms. The van der Waals surface area contributed by atoms with Crippen molar-refractivity contribution in [3.63, 3.8) is 0 Å². The minimum absolute atomic E-state index is 0.00125. The summed E-state index contributed by atoms with van der Waals surface area (Å²) in [5.41, 5.74) is 0.0601. The van der Waals surface area contributed by atoms with E-state index in [1.165, 1.54) is 48.3 Å². The molecule has 2 heterocycles. The second-order valence-corrected chi connectivity index (χ2v) is 5.86. The number of anilines is 1. The number of sulfonamides is 1. The molecule has 2 aromatic heterocycles. The van der Waals surface area contributed by atoms with Crippen LogP contribution in [0.3, 0.4) is 0 Å². The summed E-state index contributed by atoms with van der Waals surface area (Å²) in [6, 6.07) is 5.24. The Balaban J connectivity index is 2.36. The van der Waals surface area contributed by atoms with Crippen molar-refractivity contribution >= 4 is 27.3 Å². The van der Waals surface area contributed by atoms with Crippen LogP contribution in [0.5, 0.6) is 0 Å². The summed E-state index contributed by atoms with van der Waals surface area (Å²) >= 11 is 5.65. The van der Waals surface area contributed by atoms with E-state index >= 15 is 0 Å². The van der Waals surface area contributed by atoms with Crippen molar-refractivity contribution in [2.45, 2.75) is 4.90 Å². The Morgan fingerprint density at radius 2 is 2.05 bits per heavy atom. The second-order valence-electron chi connectivity index (χ2n) is 3.79. The molecule has 0 saturated carbocycles. The SMILES string of the molecule is Cn1cc(NS(=O)(=O)c2ccnc(Cl)c2)ccc1=O. The summed E-state index contributed by atoms with van der Waals surface area (Å²) in [6.07, 6.45) is 2.69. The molecule has 0 fully saturated rings. The summed E-state index contributed by atoms with van der Waals surface area (Å²) in [7, 11) is -2.22. The summed E-state index contributed by atoms with van der Waals surface area (Å²) in [6.45, 7) is 0. The molecule has 8 heteroatoms. The fraction of sp³-hybridized carbons (Fsp3) is 0.0909. The van der Waals surface area contributed by atoms with E-state index in [0.717, 1.165) is 0 Å². The predicted molar refractivity (Wildman–Crippen MR) is 71.7 cm³/mol. The van der Waals surface area contributed by atoms with E-state index in [4.69, 9.17) is 11.6 Å². The van der Waals surface area contributed by atoms with Crippen LogP contribution in [0.4, 0.5) is 5.69 Å². The highest BCUT2D eigenvalue weighted by molar-refractivity contribution is 7.92. The van der Waals surface area contributed by atoms with Crippen molar-refractivity contribution in [2.75, 3.05) is 4.72 Å². The summed E-state index contributed by atoms with van der Waals surface area (Å²) < 4.78 is 27.8. The van der Waals surface area contributed by atoms with Crippen molar-refractivity contribution in [1.82, 2.24) is 9.55 Å². The van der Waals surface area contributed by atoms with Gasteiger partial charge in [-0.15, -0.1) is 0 Å². The average molecular weight is 300 g/mol. The van der Waals surface area contributed by atoms with Crippen LogP contribution < -0.4 is 10.3 Å². The Labute approximate surface area is 114 Å². The number of aromatic nitrogens is 2. The third kappa shape index (κ3) is 3.12. The van der Waals surface area contributed by atoms with Crippen molar-refractivity contribution < 1.29 is 8.42 Å². The Kier molecular flexibility index (Phi) is 3.59. The monoisotopic (exact) mass is 299 g/mol. The molecule has 0 unspecified atom stereocenters. The largest absolute Gasteiger partial charge is 0.316 e. The number of hydrogen-bond donors (Lipinski definition) is 1. The molecule has 2 rings (SSSR count). The maximum absolute atomic E-state index is 12.1. The van der Waals surface area contributed by atoms with Crippen LogP contribution in [-0.4, -0.2) is 18.0 Å². The molecule has 0 aliphatic heterocycles. The third-order valence-corrected chi connectivity index (χ3v) is 3.93. The molecule has 2 aromatic rings. The first kappa shape index (κ1) is 13.6. The van der Waals surface area contributed by atoms with Gasteiger partial charge < -0.3 is 4.57 Å². The Morgan fingerprint density at radius 3 is 2.68 bits per heavy atom. The van der Waals surface area contributed by atoms with Crippen LogP contribution in [-0.2, 0) is 17.1 Å². The standard InChI is InChI=1S/C11H10ClN3O3S/c1-15-7-8(2-3-11(15)16)14-19(17,18)9-4-5-13-10(12)6-9/h2-7,14H,1H3. The molecule has 0 spiro atoms. The molecule has 1 N–H and O–H groups in total. The van der Waals surface area contributed by atoms with Crippen molar-refractivity contribution in [1.29, 1.82) is 0 Å². The predicted octanol–water partition coefficient (Wildman–Crippen LogP) is 1.23. The van der Waals surface area contributed by atoms with E-state index in [0.29, 0.717) is 0 Å². The lowest BCUT2D eigenvalue weighted by Crippen LogP contribution is -2.18. The zero-order valence-electron chi connectivity index (χ0n) is 9.87. The maximum Gasteiger partial charge on any atom is 0.262 e. The van der Waals surface area contributed by atoms with Gasteiger partial charge in [-0.25, -0.2) is 13.4 Å². The number of aryl methyl sites for hydroxylation is 1.